The molecular weight excluding hydrogens is 546 g/mol. The van der Waals surface area contributed by atoms with E-state index in [1.807, 2.05) is 69.3 Å². The lowest BCUT2D eigenvalue weighted by Gasteiger charge is -2.34. The summed E-state index contributed by atoms with van der Waals surface area (Å²) in [5, 5.41) is 3.53. The summed E-state index contributed by atoms with van der Waals surface area (Å²) in [5.41, 5.74) is 2.87. The molecule has 7 nitrogen and oxygen atoms in total. The number of halogens is 1. The summed E-state index contributed by atoms with van der Waals surface area (Å²) in [5.74, 6) is -0.787. The monoisotopic (exact) mass is 583 g/mol. The standard InChI is InChI=1S/C31H38ClN3O4S/c1-5-23(3)33-31(37)29(20-24-13-8-7-9-14-24)34(21-25-15-12-17-27(32)19-25)30(36)22-35(40(4,38)39)28-18-11-10-16-26(28)6-2/h7-19,23,29H,5-6,20-22H2,1-4H3,(H,33,37). The van der Waals surface area contributed by atoms with Gasteiger partial charge < -0.3 is 10.2 Å². The molecule has 1 N–H and O–H groups in total. The van der Waals surface area contributed by atoms with Crippen molar-refractivity contribution in [3.8, 4) is 0 Å². The van der Waals surface area contributed by atoms with Crippen molar-refractivity contribution in [2.75, 3.05) is 17.1 Å². The number of hydrogen-bond acceptors (Lipinski definition) is 4. The molecule has 214 valence electrons. The van der Waals surface area contributed by atoms with E-state index in [0.29, 0.717) is 17.1 Å². The Labute approximate surface area is 243 Å². The highest BCUT2D eigenvalue weighted by atomic mass is 35.5. The number of carbonyl (C=O) groups excluding carboxylic acids is 2. The van der Waals surface area contributed by atoms with Gasteiger partial charge in [0.2, 0.25) is 21.8 Å². The number of aryl methyl sites for hydroxylation is 1. The number of rotatable bonds is 13. The molecule has 0 aliphatic carbocycles. The zero-order valence-corrected chi connectivity index (χ0v) is 25.1. The molecular formula is C31H38ClN3O4S. The maximum absolute atomic E-state index is 14.2. The molecule has 3 rings (SSSR count). The van der Waals surface area contributed by atoms with Gasteiger partial charge >= 0.3 is 0 Å². The van der Waals surface area contributed by atoms with Crippen LogP contribution < -0.4 is 9.62 Å². The molecule has 3 aromatic carbocycles. The second-order valence-corrected chi connectivity index (χ2v) is 12.3. The molecule has 0 bridgehead atoms. The van der Waals surface area contributed by atoms with Crippen LogP contribution in [0.15, 0.2) is 78.9 Å². The number of hydrogen-bond donors (Lipinski definition) is 1. The van der Waals surface area contributed by atoms with Crippen molar-refractivity contribution < 1.29 is 18.0 Å². The molecule has 0 saturated carbocycles. The van der Waals surface area contributed by atoms with Crippen molar-refractivity contribution >= 4 is 39.1 Å². The fourth-order valence-electron chi connectivity index (χ4n) is 4.47. The molecule has 2 amide bonds. The summed E-state index contributed by atoms with van der Waals surface area (Å²) >= 11 is 6.25. The van der Waals surface area contributed by atoms with Crippen LogP contribution >= 0.6 is 11.6 Å². The van der Waals surface area contributed by atoms with Crippen molar-refractivity contribution in [2.45, 2.75) is 58.7 Å². The van der Waals surface area contributed by atoms with Crippen molar-refractivity contribution in [3.05, 3.63) is 101 Å². The Morgan fingerprint density at radius 2 is 1.57 bits per heavy atom. The molecule has 0 radical (unpaired) electrons. The Bertz CT molecular complexity index is 1400. The molecule has 2 atom stereocenters. The van der Waals surface area contributed by atoms with Crippen molar-refractivity contribution in [1.29, 1.82) is 0 Å². The highest BCUT2D eigenvalue weighted by Gasteiger charge is 2.33. The second-order valence-electron chi connectivity index (χ2n) is 9.93. The summed E-state index contributed by atoms with van der Waals surface area (Å²) in [6.45, 7) is 5.45. The number of para-hydroxylation sites is 1. The largest absolute Gasteiger partial charge is 0.352 e. The minimum Gasteiger partial charge on any atom is -0.352 e. The van der Waals surface area contributed by atoms with Crippen molar-refractivity contribution in [2.24, 2.45) is 0 Å². The van der Waals surface area contributed by atoms with Gasteiger partial charge in [-0.1, -0.05) is 86.1 Å². The molecule has 2 unspecified atom stereocenters. The van der Waals surface area contributed by atoms with Gasteiger partial charge in [0.25, 0.3) is 0 Å². The number of sulfonamides is 1. The molecule has 0 heterocycles. The molecule has 40 heavy (non-hydrogen) atoms. The minimum absolute atomic E-state index is 0.0812. The third-order valence-corrected chi connectivity index (χ3v) is 8.20. The zero-order chi connectivity index (χ0) is 29.3. The fourth-order valence-corrected chi connectivity index (χ4v) is 5.57. The van der Waals surface area contributed by atoms with E-state index in [-0.39, 0.29) is 24.9 Å². The first kappa shape index (κ1) is 31.2. The molecule has 0 aromatic heterocycles. The number of carbonyl (C=O) groups is 2. The van der Waals surface area contributed by atoms with E-state index in [4.69, 9.17) is 11.6 Å². The number of amides is 2. The summed E-state index contributed by atoms with van der Waals surface area (Å²) in [4.78, 5) is 29.3. The topological polar surface area (TPSA) is 86.8 Å². The Morgan fingerprint density at radius 1 is 0.925 bits per heavy atom. The van der Waals surface area contributed by atoms with Crippen LogP contribution in [0.5, 0.6) is 0 Å². The number of benzene rings is 3. The Hall–Kier alpha value is -3.36. The predicted octanol–water partition coefficient (Wildman–Crippen LogP) is 5.22. The Balaban J connectivity index is 2.08. The van der Waals surface area contributed by atoms with Crippen LogP contribution in [0.3, 0.4) is 0 Å². The molecule has 0 aliphatic rings. The normalized spacial score (nSPS) is 12.8. The van der Waals surface area contributed by atoms with Crippen LogP contribution in [0, 0.1) is 0 Å². The molecule has 3 aromatic rings. The van der Waals surface area contributed by atoms with Gasteiger partial charge in [0.1, 0.15) is 12.6 Å². The summed E-state index contributed by atoms with van der Waals surface area (Å²) in [7, 11) is -3.82. The SMILES string of the molecule is CCc1ccccc1N(CC(=O)N(Cc1cccc(Cl)c1)C(Cc1ccccc1)C(=O)NC(C)CC)S(C)(=O)=O. The van der Waals surface area contributed by atoms with E-state index < -0.39 is 28.5 Å². The third kappa shape index (κ3) is 8.57. The van der Waals surface area contributed by atoms with Crippen molar-refractivity contribution in [1.82, 2.24) is 10.2 Å². The fraction of sp³-hybridized carbons (Fsp3) is 0.355. The van der Waals surface area contributed by atoms with Gasteiger partial charge in [-0.3, -0.25) is 13.9 Å². The van der Waals surface area contributed by atoms with Crippen LogP contribution in [-0.2, 0) is 39.0 Å². The lowest BCUT2D eigenvalue weighted by Crippen LogP contribution is -2.54. The van der Waals surface area contributed by atoms with Crippen LogP contribution in [0.25, 0.3) is 0 Å². The first-order chi connectivity index (χ1) is 19.0. The highest BCUT2D eigenvalue weighted by molar-refractivity contribution is 7.92. The van der Waals surface area contributed by atoms with E-state index in [2.05, 4.69) is 5.32 Å². The van der Waals surface area contributed by atoms with Gasteiger partial charge in [-0.25, -0.2) is 8.42 Å². The average molecular weight is 584 g/mol. The average Bonchev–Trinajstić information content (AvgIpc) is 2.93. The molecule has 0 saturated heterocycles. The van der Waals surface area contributed by atoms with Crippen LogP contribution in [0.4, 0.5) is 5.69 Å². The van der Waals surface area contributed by atoms with E-state index in [9.17, 15) is 18.0 Å². The molecule has 0 aliphatic heterocycles. The lowest BCUT2D eigenvalue weighted by molar-refractivity contribution is -0.140. The van der Waals surface area contributed by atoms with Gasteiger partial charge in [0, 0.05) is 24.0 Å². The van der Waals surface area contributed by atoms with Gasteiger partial charge in [-0.15, -0.1) is 0 Å². The number of anilines is 1. The van der Waals surface area contributed by atoms with Crippen molar-refractivity contribution in [3.63, 3.8) is 0 Å². The third-order valence-electron chi connectivity index (χ3n) is 6.83. The smallest absolute Gasteiger partial charge is 0.244 e. The first-order valence-corrected chi connectivity index (χ1v) is 15.7. The maximum Gasteiger partial charge on any atom is 0.244 e. The van der Waals surface area contributed by atoms with Gasteiger partial charge in [0.05, 0.1) is 11.9 Å². The van der Waals surface area contributed by atoms with E-state index >= 15 is 0 Å². The van der Waals surface area contributed by atoms with E-state index in [1.54, 1.807) is 30.3 Å². The minimum atomic E-state index is -3.82. The predicted molar refractivity (Wildman–Crippen MR) is 162 cm³/mol. The highest BCUT2D eigenvalue weighted by Crippen LogP contribution is 2.25. The summed E-state index contributed by atoms with van der Waals surface area (Å²) in [6.07, 6.45) is 2.67. The molecule has 0 fully saturated rings. The zero-order valence-electron chi connectivity index (χ0n) is 23.5. The number of nitrogens with zero attached hydrogens (tertiary/aromatic N) is 2. The van der Waals surface area contributed by atoms with Crippen LogP contribution in [0.2, 0.25) is 5.02 Å². The first-order valence-electron chi connectivity index (χ1n) is 13.5. The van der Waals surface area contributed by atoms with Crippen LogP contribution in [0.1, 0.15) is 43.9 Å². The Morgan fingerprint density at radius 3 is 2.20 bits per heavy atom. The van der Waals surface area contributed by atoms with Gasteiger partial charge in [-0.05, 0) is 54.7 Å². The number of nitrogens with one attached hydrogen (secondary N) is 1. The lowest BCUT2D eigenvalue weighted by atomic mass is 10.0. The maximum atomic E-state index is 14.2. The van der Waals surface area contributed by atoms with Gasteiger partial charge in [0.15, 0.2) is 0 Å². The van der Waals surface area contributed by atoms with E-state index in [1.165, 1.54) is 4.90 Å². The summed E-state index contributed by atoms with van der Waals surface area (Å²) < 4.78 is 27.1. The van der Waals surface area contributed by atoms with E-state index in [0.717, 1.165) is 33.7 Å². The van der Waals surface area contributed by atoms with Crippen LogP contribution in [-0.4, -0.2) is 50.0 Å². The molecule has 0 spiro atoms. The van der Waals surface area contributed by atoms with Gasteiger partial charge in [-0.2, -0.15) is 0 Å². The Kier molecular flexibility index (Phi) is 11.2. The second kappa shape index (κ2) is 14.3. The molecule has 9 heteroatoms. The summed E-state index contributed by atoms with van der Waals surface area (Å²) in [6, 6.07) is 22.7. The quantitative estimate of drug-likeness (QED) is 0.299.